The Hall–Kier alpha value is -2.29. The zero-order valence-electron chi connectivity index (χ0n) is 15.1. The number of nitrogens with zero attached hydrogens (tertiary/aromatic N) is 1. The molecule has 3 aromatic rings. The van der Waals surface area contributed by atoms with Crippen LogP contribution < -0.4 is 9.08 Å². The fourth-order valence-corrected chi connectivity index (χ4v) is 5.01. The van der Waals surface area contributed by atoms with Crippen molar-refractivity contribution in [1.82, 2.24) is 0 Å². The fourth-order valence-electron chi connectivity index (χ4n) is 3.03. The van der Waals surface area contributed by atoms with E-state index in [1.165, 1.54) is 48.5 Å². The van der Waals surface area contributed by atoms with E-state index in [0.717, 1.165) is 0 Å². The number of halogens is 4. The minimum atomic E-state index is -4.24. The highest BCUT2D eigenvalue weighted by molar-refractivity contribution is 7.87. The maximum atomic E-state index is 13.1. The molecule has 31 heavy (non-hydrogen) atoms. The minimum absolute atomic E-state index is 0.100. The zero-order chi connectivity index (χ0) is 22.5. The van der Waals surface area contributed by atoms with E-state index >= 15 is 0 Å². The number of hydrogen-bond donors (Lipinski definition) is 0. The standard InChI is InChI=1S/C20H9Cl4NO5S/c21-15-13-14(16(22)18(24)17(15)23)20(27)25(19(13)26)11-8-4-5-9-12(11)30-31(28,29)10-6-2-1-3-7-10/h1-9H. The second-order valence-electron chi connectivity index (χ2n) is 6.27. The summed E-state index contributed by atoms with van der Waals surface area (Å²) in [7, 11) is -4.24. The first-order chi connectivity index (χ1) is 14.6. The molecule has 3 aromatic carbocycles. The number of anilines is 1. The predicted molar refractivity (Wildman–Crippen MR) is 118 cm³/mol. The van der Waals surface area contributed by atoms with Gasteiger partial charge in [-0.1, -0.05) is 76.7 Å². The Kier molecular flexibility index (Phi) is 5.66. The van der Waals surface area contributed by atoms with Gasteiger partial charge in [-0.05, 0) is 24.3 Å². The van der Waals surface area contributed by atoms with E-state index < -0.39 is 21.9 Å². The number of carbonyl (C=O) groups excluding carboxylic acids is 2. The number of para-hydroxylation sites is 2. The average Bonchev–Trinajstić information content (AvgIpc) is 3.02. The molecule has 0 saturated heterocycles. The van der Waals surface area contributed by atoms with E-state index in [1.54, 1.807) is 6.07 Å². The van der Waals surface area contributed by atoms with Crippen LogP contribution in [-0.2, 0) is 10.1 Å². The average molecular weight is 517 g/mol. The summed E-state index contributed by atoms with van der Waals surface area (Å²) in [6.07, 6.45) is 0. The lowest BCUT2D eigenvalue weighted by Gasteiger charge is -2.18. The predicted octanol–water partition coefficient (Wildman–Crippen LogP) is 5.87. The van der Waals surface area contributed by atoms with Crippen LogP contribution in [0.15, 0.2) is 59.5 Å². The van der Waals surface area contributed by atoms with Crippen molar-refractivity contribution in [2.75, 3.05) is 4.90 Å². The lowest BCUT2D eigenvalue weighted by molar-refractivity contribution is 0.0925. The van der Waals surface area contributed by atoms with Crippen LogP contribution in [0.2, 0.25) is 20.1 Å². The number of fused-ring (bicyclic) bond motifs is 1. The Labute approximate surface area is 197 Å². The molecular formula is C20H9Cl4NO5S. The summed E-state index contributed by atoms with van der Waals surface area (Å²) < 4.78 is 30.6. The van der Waals surface area contributed by atoms with Gasteiger partial charge >= 0.3 is 10.1 Å². The number of rotatable bonds is 4. The molecule has 0 atom stereocenters. The molecule has 6 nitrogen and oxygen atoms in total. The van der Waals surface area contributed by atoms with Crippen LogP contribution in [0.4, 0.5) is 5.69 Å². The van der Waals surface area contributed by atoms with Crippen molar-refractivity contribution >= 4 is 74.0 Å². The normalized spacial score (nSPS) is 13.5. The molecule has 2 amide bonds. The molecule has 0 N–H and O–H groups in total. The molecular weight excluding hydrogens is 508 g/mol. The monoisotopic (exact) mass is 515 g/mol. The number of imide groups is 1. The first-order valence-electron chi connectivity index (χ1n) is 8.48. The van der Waals surface area contributed by atoms with Crippen LogP contribution in [0.5, 0.6) is 5.75 Å². The van der Waals surface area contributed by atoms with E-state index in [-0.39, 0.29) is 47.5 Å². The van der Waals surface area contributed by atoms with Crippen molar-refractivity contribution in [3.63, 3.8) is 0 Å². The lowest BCUT2D eigenvalue weighted by Crippen LogP contribution is -2.30. The highest BCUT2D eigenvalue weighted by atomic mass is 35.5. The Balaban J connectivity index is 1.82. The van der Waals surface area contributed by atoms with Gasteiger partial charge in [0.2, 0.25) is 0 Å². The van der Waals surface area contributed by atoms with Gasteiger partial charge in [-0.2, -0.15) is 8.42 Å². The Morgan fingerprint density at radius 2 is 1.16 bits per heavy atom. The van der Waals surface area contributed by atoms with Gasteiger partial charge in [0, 0.05) is 0 Å². The molecule has 0 bridgehead atoms. The van der Waals surface area contributed by atoms with Gasteiger partial charge in [-0.25, -0.2) is 4.90 Å². The van der Waals surface area contributed by atoms with Crippen LogP contribution in [-0.4, -0.2) is 20.2 Å². The lowest BCUT2D eigenvalue weighted by atomic mass is 10.1. The minimum Gasteiger partial charge on any atom is -0.377 e. The highest BCUT2D eigenvalue weighted by Crippen LogP contribution is 2.46. The van der Waals surface area contributed by atoms with E-state index in [0.29, 0.717) is 4.90 Å². The van der Waals surface area contributed by atoms with Crippen molar-refractivity contribution in [1.29, 1.82) is 0 Å². The van der Waals surface area contributed by atoms with Gasteiger partial charge in [-0.15, -0.1) is 0 Å². The molecule has 11 heteroatoms. The van der Waals surface area contributed by atoms with Crippen LogP contribution >= 0.6 is 46.4 Å². The fraction of sp³-hybridized carbons (Fsp3) is 0. The third-order valence-electron chi connectivity index (χ3n) is 4.44. The summed E-state index contributed by atoms with van der Waals surface area (Å²) >= 11 is 24.4. The number of carbonyl (C=O) groups is 2. The zero-order valence-corrected chi connectivity index (χ0v) is 18.9. The van der Waals surface area contributed by atoms with Crippen LogP contribution in [0, 0.1) is 0 Å². The molecule has 4 rings (SSSR count). The largest absolute Gasteiger partial charge is 0.377 e. The molecule has 0 aliphatic carbocycles. The van der Waals surface area contributed by atoms with Gasteiger partial charge in [0.05, 0.1) is 36.9 Å². The van der Waals surface area contributed by atoms with Crippen molar-refractivity contribution in [3.05, 3.63) is 85.8 Å². The van der Waals surface area contributed by atoms with Gasteiger partial charge in [0.1, 0.15) is 4.90 Å². The number of amides is 2. The third kappa shape index (κ3) is 3.56. The number of benzene rings is 3. The Bertz CT molecular complexity index is 1310. The topological polar surface area (TPSA) is 80.8 Å². The van der Waals surface area contributed by atoms with E-state index in [2.05, 4.69) is 0 Å². The van der Waals surface area contributed by atoms with Crippen LogP contribution in [0.1, 0.15) is 20.7 Å². The van der Waals surface area contributed by atoms with E-state index in [9.17, 15) is 18.0 Å². The second kappa shape index (κ2) is 8.00. The smallest absolute Gasteiger partial charge is 0.339 e. The SMILES string of the molecule is O=C1c2c(Cl)c(Cl)c(Cl)c(Cl)c2C(=O)N1c1ccccc1OS(=O)(=O)c1ccccc1. The summed E-state index contributed by atoms with van der Waals surface area (Å²) in [6.45, 7) is 0. The summed E-state index contributed by atoms with van der Waals surface area (Å²) in [5, 5.41) is -0.818. The molecule has 1 heterocycles. The number of hydrogen-bond acceptors (Lipinski definition) is 5. The van der Waals surface area contributed by atoms with Gasteiger partial charge < -0.3 is 4.18 Å². The van der Waals surface area contributed by atoms with Crippen LogP contribution in [0.25, 0.3) is 0 Å². The summed E-state index contributed by atoms with van der Waals surface area (Å²) in [5.41, 5.74) is -0.578. The molecule has 0 fully saturated rings. The third-order valence-corrected chi connectivity index (χ3v) is 7.49. The van der Waals surface area contributed by atoms with Gasteiger partial charge in [0.15, 0.2) is 5.75 Å². The first-order valence-corrected chi connectivity index (χ1v) is 11.4. The molecule has 0 saturated carbocycles. The molecule has 0 unspecified atom stereocenters. The first kappa shape index (κ1) is 21.9. The second-order valence-corrected chi connectivity index (χ2v) is 9.33. The highest BCUT2D eigenvalue weighted by Gasteiger charge is 2.43. The van der Waals surface area contributed by atoms with Crippen LogP contribution in [0.3, 0.4) is 0 Å². The summed E-state index contributed by atoms with van der Waals surface area (Å²) in [4.78, 5) is 26.8. The molecule has 0 spiro atoms. The van der Waals surface area contributed by atoms with Gasteiger partial charge in [-0.3, -0.25) is 9.59 Å². The maximum absolute atomic E-state index is 13.1. The summed E-state index contributed by atoms with van der Waals surface area (Å²) in [5.74, 6) is -1.94. The van der Waals surface area contributed by atoms with Crippen molar-refractivity contribution < 1.29 is 22.2 Å². The quantitative estimate of drug-likeness (QED) is 0.187. The molecule has 1 aliphatic rings. The van der Waals surface area contributed by atoms with E-state index in [1.807, 2.05) is 0 Å². The van der Waals surface area contributed by atoms with Crippen molar-refractivity contribution in [2.24, 2.45) is 0 Å². The molecule has 0 aromatic heterocycles. The van der Waals surface area contributed by atoms with Crippen molar-refractivity contribution in [3.8, 4) is 5.75 Å². The summed E-state index contributed by atoms with van der Waals surface area (Å²) in [6, 6.07) is 13.1. The molecule has 1 aliphatic heterocycles. The molecule has 158 valence electrons. The van der Waals surface area contributed by atoms with E-state index in [4.69, 9.17) is 50.6 Å². The molecule has 0 radical (unpaired) electrons. The van der Waals surface area contributed by atoms with Gasteiger partial charge in [0.25, 0.3) is 11.8 Å². The van der Waals surface area contributed by atoms with Crippen molar-refractivity contribution in [2.45, 2.75) is 4.90 Å². The maximum Gasteiger partial charge on any atom is 0.339 e. The Morgan fingerprint density at radius 1 is 0.677 bits per heavy atom. The Morgan fingerprint density at radius 3 is 1.71 bits per heavy atom.